The fourth-order valence-electron chi connectivity index (χ4n) is 2.15. The van der Waals surface area contributed by atoms with E-state index < -0.39 is 0 Å². The second-order valence-electron chi connectivity index (χ2n) is 4.68. The van der Waals surface area contributed by atoms with Crippen molar-refractivity contribution in [1.82, 2.24) is 9.97 Å². The van der Waals surface area contributed by atoms with Crippen LogP contribution in [-0.2, 0) is 22.5 Å². The van der Waals surface area contributed by atoms with E-state index in [4.69, 9.17) is 9.47 Å². The van der Waals surface area contributed by atoms with Crippen LogP contribution in [0.2, 0.25) is 0 Å². The van der Waals surface area contributed by atoms with Gasteiger partial charge in [0.2, 0.25) is 0 Å². The Hall–Kier alpha value is -1.20. The summed E-state index contributed by atoms with van der Waals surface area (Å²) in [6, 6.07) is 0. The molecule has 1 aliphatic heterocycles. The quantitative estimate of drug-likeness (QED) is 0.856. The van der Waals surface area contributed by atoms with Crippen LogP contribution in [0.1, 0.15) is 50.4 Å². The van der Waals surface area contributed by atoms with Crippen molar-refractivity contribution in [3.63, 3.8) is 0 Å². The van der Waals surface area contributed by atoms with E-state index in [9.17, 15) is 0 Å². The van der Waals surface area contributed by atoms with Crippen molar-refractivity contribution < 1.29 is 9.47 Å². The molecule has 2 heterocycles. The molecular weight excluding hydrogens is 242 g/mol. The minimum absolute atomic E-state index is 0.0691. The predicted octanol–water partition coefficient (Wildman–Crippen LogP) is 2.47. The summed E-state index contributed by atoms with van der Waals surface area (Å²) in [4.78, 5) is 9.26. The molecule has 0 bridgehead atoms. The molecule has 106 valence electrons. The molecule has 1 N–H and O–H groups in total. The van der Waals surface area contributed by atoms with Crippen LogP contribution in [0.3, 0.4) is 0 Å². The fourth-order valence-corrected chi connectivity index (χ4v) is 2.15. The van der Waals surface area contributed by atoms with Gasteiger partial charge in [0.25, 0.3) is 0 Å². The van der Waals surface area contributed by atoms with E-state index in [0.717, 1.165) is 48.9 Å². The SMILES string of the molecule is CCCNc1nc(C(C)OCC)nc2c1COCC2. The number of anilines is 1. The van der Waals surface area contributed by atoms with Gasteiger partial charge >= 0.3 is 0 Å². The van der Waals surface area contributed by atoms with E-state index in [1.807, 2.05) is 13.8 Å². The molecule has 5 heteroatoms. The summed E-state index contributed by atoms with van der Waals surface area (Å²) in [6.07, 6.45) is 1.85. The molecule has 0 aliphatic carbocycles. The normalized spacial score (nSPS) is 15.9. The van der Waals surface area contributed by atoms with Gasteiger partial charge < -0.3 is 14.8 Å². The first kappa shape index (κ1) is 14.2. The van der Waals surface area contributed by atoms with E-state index >= 15 is 0 Å². The van der Waals surface area contributed by atoms with Crippen molar-refractivity contribution in [1.29, 1.82) is 0 Å². The zero-order valence-corrected chi connectivity index (χ0v) is 12.0. The van der Waals surface area contributed by atoms with Crippen LogP contribution in [0.5, 0.6) is 0 Å². The maximum absolute atomic E-state index is 5.59. The molecule has 1 aliphatic rings. The third-order valence-electron chi connectivity index (χ3n) is 3.16. The number of rotatable bonds is 6. The molecule has 0 saturated heterocycles. The molecule has 0 radical (unpaired) electrons. The van der Waals surface area contributed by atoms with Gasteiger partial charge in [0.1, 0.15) is 11.9 Å². The minimum atomic E-state index is -0.0691. The van der Waals surface area contributed by atoms with E-state index in [0.29, 0.717) is 13.2 Å². The lowest BCUT2D eigenvalue weighted by molar-refractivity contribution is 0.0688. The van der Waals surface area contributed by atoms with Gasteiger partial charge in [-0.15, -0.1) is 0 Å². The zero-order chi connectivity index (χ0) is 13.7. The van der Waals surface area contributed by atoms with Crippen molar-refractivity contribution in [3.05, 3.63) is 17.1 Å². The summed E-state index contributed by atoms with van der Waals surface area (Å²) < 4.78 is 11.1. The number of aromatic nitrogens is 2. The summed E-state index contributed by atoms with van der Waals surface area (Å²) >= 11 is 0. The molecule has 0 saturated carbocycles. The topological polar surface area (TPSA) is 56.3 Å². The van der Waals surface area contributed by atoms with Gasteiger partial charge in [-0.3, -0.25) is 0 Å². The molecule has 0 amide bonds. The monoisotopic (exact) mass is 265 g/mol. The Morgan fingerprint density at radius 1 is 1.37 bits per heavy atom. The third-order valence-corrected chi connectivity index (χ3v) is 3.16. The molecule has 1 aromatic rings. The Balaban J connectivity index is 2.30. The molecule has 1 aromatic heterocycles. The Morgan fingerprint density at radius 2 is 2.21 bits per heavy atom. The van der Waals surface area contributed by atoms with E-state index in [1.54, 1.807) is 0 Å². The summed E-state index contributed by atoms with van der Waals surface area (Å²) in [6.45, 7) is 9.03. The van der Waals surface area contributed by atoms with Crippen molar-refractivity contribution >= 4 is 5.82 Å². The Kier molecular flexibility index (Phi) is 5.10. The number of fused-ring (bicyclic) bond motifs is 1. The lowest BCUT2D eigenvalue weighted by Gasteiger charge is -2.21. The van der Waals surface area contributed by atoms with Gasteiger partial charge in [-0.1, -0.05) is 6.92 Å². The maximum atomic E-state index is 5.59. The van der Waals surface area contributed by atoms with E-state index in [-0.39, 0.29) is 6.10 Å². The molecule has 0 fully saturated rings. The van der Waals surface area contributed by atoms with Crippen molar-refractivity contribution in [2.24, 2.45) is 0 Å². The third kappa shape index (κ3) is 3.42. The Morgan fingerprint density at radius 3 is 2.95 bits per heavy atom. The van der Waals surface area contributed by atoms with Crippen molar-refractivity contribution in [3.8, 4) is 0 Å². The van der Waals surface area contributed by atoms with Gasteiger partial charge in [-0.05, 0) is 20.3 Å². The van der Waals surface area contributed by atoms with Crippen LogP contribution in [0, 0.1) is 0 Å². The highest BCUT2D eigenvalue weighted by atomic mass is 16.5. The number of nitrogens with zero attached hydrogens (tertiary/aromatic N) is 2. The minimum Gasteiger partial charge on any atom is -0.376 e. The highest BCUT2D eigenvalue weighted by Gasteiger charge is 2.20. The molecule has 0 aromatic carbocycles. The maximum Gasteiger partial charge on any atom is 0.159 e. The first-order valence-electron chi connectivity index (χ1n) is 7.09. The summed E-state index contributed by atoms with van der Waals surface area (Å²) in [5.41, 5.74) is 2.20. The van der Waals surface area contributed by atoms with E-state index in [2.05, 4.69) is 22.2 Å². The van der Waals surface area contributed by atoms with Crippen LogP contribution in [0.15, 0.2) is 0 Å². The first-order chi connectivity index (χ1) is 9.26. The predicted molar refractivity (Wildman–Crippen MR) is 74.2 cm³/mol. The standard InChI is InChI=1S/C14H23N3O2/c1-4-7-15-14-11-9-18-8-6-12(11)16-13(17-14)10(3)19-5-2/h10H,4-9H2,1-3H3,(H,15,16,17). The van der Waals surface area contributed by atoms with Gasteiger partial charge in [0.05, 0.1) is 18.9 Å². The molecule has 0 spiro atoms. The van der Waals surface area contributed by atoms with Gasteiger partial charge in [-0.25, -0.2) is 9.97 Å². The summed E-state index contributed by atoms with van der Waals surface area (Å²) in [7, 11) is 0. The van der Waals surface area contributed by atoms with Gasteiger partial charge in [0, 0.05) is 25.1 Å². The number of hydrogen-bond donors (Lipinski definition) is 1. The highest BCUT2D eigenvalue weighted by Crippen LogP contribution is 2.25. The Bertz CT molecular complexity index is 423. The van der Waals surface area contributed by atoms with E-state index in [1.165, 1.54) is 0 Å². The molecular formula is C14H23N3O2. The molecule has 19 heavy (non-hydrogen) atoms. The molecule has 5 nitrogen and oxygen atoms in total. The van der Waals surface area contributed by atoms with Crippen LogP contribution in [-0.4, -0.2) is 29.7 Å². The van der Waals surface area contributed by atoms with Crippen LogP contribution in [0.25, 0.3) is 0 Å². The van der Waals surface area contributed by atoms with Crippen molar-refractivity contribution in [2.45, 2.75) is 46.3 Å². The first-order valence-corrected chi connectivity index (χ1v) is 7.09. The zero-order valence-electron chi connectivity index (χ0n) is 12.0. The van der Waals surface area contributed by atoms with Crippen LogP contribution >= 0.6 is 0 Å². The largest absolute Gasteiger partial charge is 0.376 e. The number of hydrogen-bond acceptors (Lipinski definition) is 5. The molecule has 2 rings (SSSR count). The molecule has 1 atom stereocenters. The number of ether oxygens (including phenoxy) is 2. The summed E-state index contributed by atoms with van der Waals surface area (Å²) in [5.74, 6) is 1.68. The number of nitrogens with one attached hydrogen (secondary N) is 1. The average molecular weight is 265 g/mol. The van der Waals surface area contributed by atoms with Crippen LogP contribution in [0.4, 0.5) is 5.82 Å². The second-order valence-corrected chi connectivity index (χ2v) is 4.68. The van der Waals surface area contributed by atoms with Gasteiger partial charge in [-0.2, -0.15) is 0 Å². The smallest absolute Gasteiger partial charge is 0.159 e. The fraction of sp³-hybridized carbons (Fsp3) is 0.714. The summed E-state index contributed by atoms with van der Waals surface area (Å²) in [5, 5.41) is 3.37. The lowest BCUT2D eigenvalue weighted by atomic mass is 10.1. The van der Waals surface area contributed by atoms with Crippen molar-refractivity contribution in [2.75, 3.05) is 25.1 Å². The second kappa shape index (κ2) is 6.82. The average Bonchev–Trinajstić information content (AvgIpc) is 2.44. The molecule has 1 unspecified atom stereocenters. The highest BCUT2D eigenvalue weighted by molar-refractivity contribution is 5.47. The van der Waals surface area contributed by atoms with Gasteiger partial charge in [0.15, 0.2) is 5.82 Å². The Labute approximate surface area is 114 Å². The lowest BCUT2D eigenvalue weighted by Crippen LogP contribution is -2.19. The van der Waals surface area contributed by atoms with Crippen LogP contribution < -0.4 is 5.32 Å².